The van der Waals surface area contributed by atoms with Crippen LogP contribution in [0.4, 0.5) is 19.8 Å². The van der Waals surface area contributed by atoms with Crippen LogP contribution in [0.3, 0.4) is 0 Å². The molecule has 0 radical (unpaired) electrons. The Labute approximate surface area is 296 Å². The Morgan fingerprint density at radius 3 is 2.43 bits per heavy atom. The van der Waals surface area contributed by atoms with Gasteiger partial charge in [-0.1, -0.05) is 50.8 Å². The number of piperidine rings is 2. The van der Waals surface area contributed by atoms with Gasteiger partial charge < -0.3 is 34.2 Å². The molecule has 7 rings (SSSR count). The van der Waals surface area contributed by atoms with Crippen LogP contribution in [0.15, 0.2) is 55.0 Å². The molecule has 3 amide bonds. The molecule has 4 aliphatic rings. The molecule has 3 aromatic rings. The predicted molar refractivity (Wildman–Crippen MR) is 186 cm³/mol. The van der Waals surface area contributed by atoms with Gasteiger partial charge in [0, 0.05) is 36.8 Å². The van der Waals surface area contributed by atoms with Crippen molar-refractivity contribution < 1.29 is 33.0 Å². The number of rotatable bonds is 10. The van der Waals surface area contributed by atoms with E-state index in [2.05, 4.69) is 30.8 Å². The maximum absolute atomic E-state index is 13.2. The molecule has 4 fully saturated rings. The number of nitrogens with one attached hydrogen (secondary N) is 1. The molecule has 13 nitrogen and oxygen atoms in total. The smallest absolute Gasteiger partial charge is 0.410 e. The van der Waals surface area contributed by atoms with E-state index in [0.29, 0.717) is 31.4 Å². The van der Waals surface area contributed by atoms with E-state index in [4.69, 9.17) is 19.2 Å². The van der Waals surface area contributed by atoms with Gasteiger partial charge in [0.1, 0.15) is 24.6 Å². The van der Waals surface area contributed by atoms with Crippen molar-refractivity contribution in [3.8, 4) is 5.88 Å². The highest BCUT2D eigenvalue weighted by Crippen LogP contribution is 2.40. The van der Waals surface area contributed by atoms with Gasteiger partial charge in [-0.25, -0.2) is 14.0 Å². The molecular formula is C37H46FN7O6. The summed E-state index contributed by atoms with van der Waals surface area (Å²) in [4.78, 5) is 47.5. The van der Waals surface area contributed by atoms with Crippen molar-refractivity contribution in [2.75, 3.05) is 38.0 Å². The normalized spacial score (nSPS) is 23.3. The SMILES string of the molecule is C=C(F)C(=O)N1CC(OC(=O)N2[C@@H]3CC[C@H]2CC(CNc2cc(O[C@@H]4CCCN(C(=O)OCc5ccccc5)C4)nc4c(C(C)C)cnn24)C3)C1. The molecule has 4 aliphatic heterocycles. The molecule has 1 unspecified atom stereocenters. The van der Waals surface area contributed by atoms with Crippen LogP contribution in [0.2, 0.25) is 0 Å². The van der Waals surface area contributed by atoms with E-state index in [1.165, 1.54) is 4.90 Å². The van der Waals surface area contributed by atoms with Gasteiger partial charge in [-0.05, 0) is 55.9 Å². The Kier molecular flexibility index (Phi) is 10.0. The number of likely N-dealkylation sites (tertiary alicyclic amines) is 2. The summed E-state index contributed by atoms with van der Waals surface area (Å²) in [5.74, 6) is 0.00287. The number of benzene rings is 1. The topological polar surface area (TPSA) is 131 Å². The number of anilines is 1. The molecule has 14 heteroatoms. The minimum Gasteiger partial charge on any atom is -0.472 e. The molecule has 2 aromatic heterocycles. The second-order valence-electron chi connectivity index (χ2n) is 14.5. The first-order valence-electron chi connectivity index (χ1n) is 18.0. The van der Waals surface area contributed by atoms with Crippen molar-refractivity contribution in [1.29, 1.82) is 0 Å². The summed E-state index contributed by atoms with van der Waals surface area (Å²) < 4.78 is 32.7. The highest BCUT2D eigenvalue weighted by Gasteiger charge is 2.45. The lowest BCUT2D eigenvalue weighted by Crippen LogP contribution is -2.57. The Bertz CT molecular complexity index is 1750. The number of aromatic nitrogens is 3. The number of carbonyl (C=O) groups is 3. The highest BCUT2D eigenvalue weighted by atomic mass is 19.1. The third-order valence-corrected chi connectivity index (χ3v) is 10.5. The van der Waals surface area contributed by atoms with Crippen LogP contribution in [0.5, 0.6) is 5.88 Å². The first-order chi connectivity index (χ1) is 24.6. The van der Waals surface area contributed by atoms with E-state index in [1.54, 1.807) is 4.90 Å². The van der Waals surface area contributed by atoms with E-state index in [-0.39, 0.29) is 56.0 Å². The summed E-state index contributed by atoms with van der Waals surface area (Å²) in [6.45, 7) is 9.56. The number of nitrogens with zero attached hydrogens (tertiary/aromatic N) is 6. The average Bonchev–Trinajstić information content (AvgIpc) is 3.66. The fourth-order valence-electron chi connectivity index (χ4n) is 7.79. The van der Waals surface area contributed by atoms with Gasteiger partial charge in [-0.2, -0.15) is 14.6 Å². The van der Waals surface area contributed by atoms with Gasteiger partial charge in [-0.3, -0.25) is 4.79 Å². The van der Waals surface area contributed by atoms with Crippen LogP contribution in [0.1, 0.15) is 69.4 Å². The molecule has 2 bridgehead atoms. The van der Waals surface area contributed by atoms with Crippen molar-refractivity contribution in [2.24, 2.45) is 5.92 Å². The number of hydrogen-bond acceptors (Lipinski definition) is 9. The zero-order chi connectivity index (χ0) is 35.6. The van der Waals surface area contributed by atoms with Crippen molar-refractivity contribution >= 4 is 29.6 Å². The molecule has 4 saturated heterocycles. The number of hydrogen-bond donors (Lipinski definition) is 1. The lowest BCUT2D eigenvalue weighted by atomic mass is 9.91. The van der Waals surface area contributed by atoms with Gasteiger partial charge >= 0.3 is 12.2 Å². The molecule has 1 aromatic carbocycles. The molecule has 1 N–H and O–H groups in total. The van der Waals surface area contributed by atoms with E-state index >= 15 is 0 Å². The number of carbonyl (C=O) groups excluding carboxylic acids is 3. The fourth-order valence-corrected chi connectivity index (χ4v) is 7.79. The second-order valence-corrected chi connectivity index (χ2v) is 14.5. The maximum Gasteiger partial charge on any atom is 0.410 e. The Balaban J connectivity index is 0.967. The van der Waals surface area contributed by atoms with E-state index in [9.17, 15) is 18.8 Å². The number of ether oxygens (including phenoxy) is 3. The molecule has 272 valence electrons. The maximum atomic E-state index is 13.2. The predicted octanol–water partition coefficient (Wildman–Crippen LogP) is 5.52. The molecule has 0 aliphatic carbocycles. The summed E-state index contributed by atoms with van der Waals surface area (Å²) >= 11 is 0. The van der Waals surface area contributed by atoms with Crippen LogP contribution in [0.25, 0.3) is 5.65 Å². The lowest BCUT2D eigenvalue weighted by molar-refractivity contribution is -0.139. The zero-order valence-electron chi connectivity index (χ0n) is 29.2. The standard InChI is InChI=1S/C37H46FN7O6/c1-23(2)31-18-40-45-32(16-33(41-34(31)45)50-29-10-7-13-42(19-29)36(47)49-22-25-8-5-4-6-9-25)39-17-26-14-27-11-12-28(15-26)44(27)37(48)51-30-20-43(21-30)35(46)24(3)38/h4-6,8-9,16,18,23,26-30,39H,3,7,10-15,17,19-22H2,1-2H3/t26?,27-,28+,29-/m1/s1. The Morgan fingerprint density at radius 1 is 1.00 bits per heavy atom. The third-order valence-electron chi connectivity index (χ3n) is 10.5. The van der Waals surface area contributed by atoms with E-state index in [1.807, 2.05) is 52.0 Å². The van der Waals surface area contributed by atoms with Gasteiger partial charge in [-0.15, -0.1) is 0 Å². The van der Waals surface area contributed by atoms with E-state index < -0.39 is 17.8 Å². The monoisotopic (exact) mass is 703 g/mol. The van der Waals surface area contributed by atoms with Crippen LogP contribution in [-0.2, 0) is 20.9 Å². The quantitative estimate of drug-likeness (QED) is 0.272. The lowest BCUT2D eigenvalue weighted by Gasteiger charge is -2.42. The average molecular weight is 704 g/mol. The molecule has 6 heterocycles. The summed E-state index contributed by atoms with van der Waals surface area (Å²) in [5.41, 5.74) is 2.68. The highest BCUT2D eigenvalue weighted by molar-refractivity contribution is 5.91. The summed E-state index contributed by atoms with van der Waals surface area (Å²) in [6.07, 6.45) is 5.57. The van der Waals surface area contributed by atoms with Gasteiger partial charge in [0.2, 0.25) is 5.88 Å². The number of halogens is 1. The first-order valence-corrected chi connectivity index (χ1v) is 18.0. The molecule has 0 saturated carbocycles. The van der Waals surface area contributed by atoms with Gasteiger partial charge in [0.15, 0.2) is 11.5 Å². The summed E-state index contributed by atoms with van der Waals surface area (Å²) in [5, 5.41) is 8.28. The molecule has 51 heavy (non-hydrogen) atoms. The largest absolute Gasteiger partial charge is 0.472 e. The Morgan fingerprint density at radius 2 is 1.73 bits per heavy atom. The van der Waals surface area contributed by atoms with Crippen molar-refractivity contribution in [1.82, 2.24) is 29.3 Å². The van der Waals surface area contributed by atoms with Crippen molar-refractivity contribution in [3.63, 3.8) is 0 Å². The third kappa shape index (κ3) is 7.59. The van der Waals surface area contributed by atoms with Crippen molar-refractivity contribution in [3.05, 3.63) is 66.1 Å². The summed E-state index contributed by atoms with van der Waals surface area (Å²) in [7, 11) is 0. The van der Waals surface area contributed by atoms with Crippen molar-refractivity contribution in [2.45, 2.75) is 89.2 Å². The van der Waals surface area contributed by atoms with Gasteiger partial charge in [0.25, 0.3) is 5.91 Å². The van der Waals surface area contributed by atoms with Crippen LogP contribution in [-0.4, -0.2) is 104 Å². The number of amides is 3. The second kappa shape index (κ2) is 14.8. The number of fused-ring (bicyclic) bond motifs is 3. The van der Waals surface area contributed by atoms with Crippen LogP contribution in [0, 0.1) is 5.92 Å². The first kappa shape index (κ1) is 34.6. The Hall–Kier alpha value is -4.88. The zero-order valence-corrected chi connectivity index (χ0v) is 29.2. The summed E-state index contributed by atoms with van der Waals surface area (Å²) in [6, 6.07) is 11.7. The van der Waals surface area contributed by atoms with Crippen LogP contribution >= 0.6 is 0 Å². The van der Waals surface area contributed by atoms with Crippen LogP contribution < -0.4 is 10.1 Å². The minimum absolute atomic E-state index is 0.0775. The molecule has 4 atom stereocenters. The fraction of sp³-hybridized carbons (Fsp3) is 0.541. The van der Waals surface area contributed by atoms with Gasteiger partial charge in [0.05, 0.1) is 25.8 Å². The minimum atomic E-state index is -1.01. The molecule has 0 spiro atoms. The van der Waals surface area contributed by atoms with E-state index in [0.717, 1.165) is 61.1 Å². The molecular weight excluding hydrogens is 657 g/mol.